The SMILES string of the molecule is Cc1cc([S+](c2ccccc2)c2ccccc2)cc(C)c1OCC(=O)OC1(C(C)C)CCCC1. The molecule has 178 valence electrons. The third-order valence-corrected chi connectivity index (χ3v) is 8.98. The third-order valence-electron chi connectivity index (χ3n) is 6.78. The van der Waals surface area contributed by atoms with Crippen molar-refractivity contribution >= 4 is 16.9 Å². The molecule has 0 atom stereocenters. The van der Waals surface area contributed by atoms with Crippen LogP contribution in [0, 0.1) is 19.8 Å². The predicted molar refractivity (Wildman–Crippen MR) is 139 cm³/mol. The normalized spacial score (nSPS) is 15.0. The van der Waals surface area contributed by atoms with Crippen molar-refractivity contribution in [2.45, 2.75) is 73.7 Å². The molecular formula is C30H35O3S+. The van der Waals surface area contributed by atoms with Crippen LogP contribution in [0.1, 0.15) is 50.7 Å². The molecule has 3 aromatic rings. The fourth-order valence-corrected chi connectivity index (χ4v) is 7.20. The summed E-state index contributed by atoms with van der Waals surface area (Å²) in [6.45, 7) is 8.34. The highest BCUT2D eigenvalue weighted by Gasteiger charge is 2.40. The second-order valence-corrected chi connectivity index (χ2v) is 11.5. The van der Waals surface area contributed by atoms with Gasteiger partial charge in [-0.2, -0.15) is 0 Å². The lowest BCUT2D eigenvalue weighted by Gasteiger charge is -2.33. The van der Waals surface area contributed by atoms with Gasteiger partial charge < -0.3 is 9.47 Å². The first-order chi connectivity index (χ1) is 16.4. The van der Waals surface area contributed by atoms with E-state index in [2.05, 4.69) is 100 Å². The van der Waals surface area contributed by atoms with Crippen molar-refractivity contribution < 1.29 is 14.3 Å². The Balaban J connectivity index is 1.55. The zero-order chi connectivity index (χ0) is 24.1. The number of benzene rings is 3. The quantitative estimate of drug-likeness (QED) is 0.253. The van der Waals surface area contributed by atoms with Crippen molar-refractivity contribution in [1.82, 2.24) is 0 Å². The van der Waals surface area contributed by atoms with Crippen LogP contribution in [-0.4, -0.2) is 18.2 Å². The number of esters is 1. The highest BCUT2D eigenvalue weighted by atomic mass is 32.2. The van der Waals surface area contributed by atoms with E-state index in [1.165, 1.54) is 14.7 Å². The maximum atomic E-state index is 12.7. The number of carbonyl (C=O) groups excluding carboxylic acids is 1. The van der Waals surface area contributed by atoms with Crippen LogP contribution in [0.15, 0.2) is 87.5 Å². The molecule has 3 nitrogen and oxygen atoms in total. The third kappa shape index (κ3) is 5.33. The summed E-state index contributed by atoms with van der Waals surface area (Å²) in [7, 11) is -0.218. The van der Waals surface area contributed by atoms with Gasteiger partial charge in [-0.15, -0.1) is 0 Å². The van der Waals surface area contributed by atoms with E-state index in [1.807, 2.05) is 0 Å². The topological polar surface area (TPSA) is 35.5 Å². The van der Waals surface area contributed by atoms with Crippen LogP contribution < -0.4 is 4.74 Å². The van der Waals surface area contributed by atoms with Gasteiger partial charge in [0.2, 0.25) is 0 Å². The monoisotopic (exact) mass is 475 g/mol. The van der Waals surface area contributed by atoms with Crippen LogP contribution in [0.2, 0.25) is 0 Å². The summed E-state index contributed by atoms with van der Waals surface area (Å²) in [5.74, 6) is 0.817. The summed E-state index contributed by atoms with van der Waals surface area (Å²) in [4.78, 5) is 16.5. The number of hydrogen-bond acceptors (Lipinski definition) is 3. The molecule has 4 rings (SSSR count). The van der Waals surface area contributed by atoms with E-state index >= 15 is 0 Å². The first kappa shape index (κ1) is 24.4. The van der Waals surface area contributed by atoms with Crippen LogP contribution in [0.4, 0.5) is 0 Å². The molecule has 0 radical (unpaired) electrons. The van der Waals surface area contributed by atoms with Gasteiger partial charge >= 0.3 is 5.97 Å². The summed E-state index contributed by atoms with van der Waals surface area (Å²) < 4.78 is 12.0. The molecule has 1 fully saturated rings. The van der Waals surface area contributed by atoms with Crippen molar-refractivity contribution in [2.24, 2.45) is 5.92 Å². The highest BCUT2D eigenvalue weighted by Crippen LogP contribution is 2.40. The van der Waals surface area contributed by atoms with E-state index in [1.54, 1.807) is 0 Å². The summed E-state index contributed by atoms with van der Waals surface area (Å²) in [5.41, 5.74) is 1.74. The van der Waals surface area contributed by atoms with Gasteiger partial charge in [-0.05, 0) is 80.8 Å². The number of hydrogen-bond donors (Lipinski definition) is 0. The second-order valence-electron chi connectivity index (χ2n) is 9.51. The molecule has 0 saturated heterocycles. The molecule has 0 heterocycles. The largest absolute Gasteiger partial charge is 0.481 e. The molecule has 1 aliphatic carbocycles. The Kier molecular flexibility index (Phi) is 7.67. The summed E-state index contributed by atoms with van der Waals surface area (Å²) in [6, 6.07) is 25.6. The Morgan fingerprint density at radius 1 is 0.853 bits per heavy atom. The van der Waals surface area contributed by atoms with Gasteiger partial charge in [0.1, 0.15) is 11.4 Å². The summed E-state index contributed by atoms with van der Waals surface area (Å²) in [6.07, 6.45) is 4.14. The molecule has 0 aromatic heterocycles. The van der Waals surface area contributed by atoms with Gasteiger partial charge in [0.25, 0.3) is 0 Å². The molecule has 4 heteroatoms. The Labute approximate surface area is 206 Å². The fraction of sp³-hybridized carbons (Fsp3) is 0.367. The van der Waals surface area contributed by atoms with Crippen LogP contribution >= 0.6 is 0 Å². The molecule has 1 aliphatic rings. The predicted octanol–water partition coefficient (Wildman–Crippen LogP) is 7.29. The lowest BCUT2D eigenvalue weighted by atomic mass is 9.88. The van der Waals surface area contributed by atoms with Gasteiger partial charge in [0.15, 0.2) is 21.3 Å². The zero-order valence-electron chi connectivity index (χ0n) is 20.7. The van der Waals surface area contributed by atoms with Crippen LogP contribution in [0.3, 0.4) is 0 Å². The van der Waals surface area contributed by atoms with E-state index in [4.69, 9.17) is 9.47 Å². The Morgan fingerprint density at radius 3 is 1.82 bits per heavy atom. The minimum Gasteiger partial charge on any atom is -0.481 e. The maximum absolute atomic E-state index is 12.7. The molecule has 0 N–H and O–H groups in total. The average Bonchev–Trinajstić information content (AvgIpc) is 3.30. The Bertz CT molecular complexity index is 1040. The van der Waals surface area contributed by atoms with E-state index in [9.17, 15) is 4.79 Å². The Hall–Kier alpha value is -2.72. The molecule has 0 bridgehead atoms. The van der Waals surface area contributed by atoms with Crippen molar-refractivity contribution in [2.75, 3.05) is 6.61 Å². The average molecular weight is 476 g/mol. The van der Waals surface area contributed by atoms with Gasteiger partial charge in [0.05, 0.1) is 10.9 Å². The number of rotatable bonds is 8. The minimum absolute atomic E-state index is 0.0570. The lowest BCUT2D eigenvalue weighted by Crippen LogP contribution is -2.39. The standard InChI is InChI=1S/C30H35O3S/c1-22(2)30(17-11-12-18-30)33-28(31)21-32-29-23(3)19-27(20-24(29)4)34(25-13-7-5-8-14-25)26-15-9-6-10-16-26/h5-10,13-16,19-20,22H,11-12,17-18,21H2,1-4H3/q+1. The van der Waals surface area contributed by atoms with Gasteiger partial charge in [-0.3, -0.25) is 0 Å². The van der Waals surface area contributed by atoms with Crippen molar-refractivity contribution in [3.05, 3.63) is 83.9 Å². The molecule has 1 saturated carbocycles. The highest BCUT2D eigenvalue weighted by molar-refractivity contribution is 7.97. The fourth-order valence-electron chi connectivity index (χ4n) is 4.94. The second kappa shape index (κ2) is 10.7. The lowest BCUT2D eigenvalue weighted by molar-refractivity contribution is -0.166. The van der Waals surface area contributed by atoms with Crippen LogP contribution in [0.5, 0.6) is 5.75 Å². The minimum atomic E-state index is -0.325. The van der Waals surface area contributed by atoms with E-state index in [-0.39, 0.29) is 29.1 Å². The molecule has 0 aliphatic heterocycles. The molecule has 0 amide bonds. The summed E-state index contributed by atoms with van der Waals surface area (Å²) >= 11 is 0. The number of aryl methyl sites for hydroxylation is 2. The van der Waals surface area contributed by atoms with Crippen LogP contribution in [-0.2, 0) is 20.4 Å². The molecular weight excluding hydrogens is 440 g/mol. The van der Waals surface area contributed by atoms with E-state index in [0.29, 0.717) is 5.92 Å². The first-order valence-corrected chi connectivity index (χ1v) is 13.4. The van der Waals surface area contributed by atoms with Crippen LogP contribution in [0.25, 0.3) is 0 Å². The van der Waals surface area contributed by atoms with Crippen molar-refractivity contribution in [1.29, 1.82) is 0 Å². The Morgan fingerprint density at radius 2 is 1.35 bits per heavy atom. The first-order valence-electron chi connectivity index (χ1n) is 12.2. The van der Waals surface area contributed by atoms with E-state index in [0.717, 1.165) is 42.6 Å². The molecule has 0 spiro atoms. The van der Waals surface area contributed by atoms with Gasteiger partial charge in [-0.1, -0.05) is 50.2 Å². The zero-order valence-corrected chi connectivity index (χ0v) is 21.5. The number of ether oxygens (including phenoxy) is 2. The van der Waals surface area contributed by atoms with E-state index < -0.39 is 0 Å². The van der Waals surface area contributed by atoms with Crippen molar-refractivity contribution in [3.63, 3.8) is 0 Å². The molecule has 34 heavy (non-hydrogen) atoms. The van der Waals surface area contributed by atoms with Gasteiger partial charge in [0, 0.05) is 12.1 Å². The maximum Gasteiger partial charge on any atom is 0.344 e. The number of carbonyl (C=O) groups is 1. The summed E-state index contributed by atoms with van der Waals surface area (Å²) in [5, 5.41) is 0. The smallest absolute Gasteiger partial charge is 0.344 e. The van der Waals surface area contributed by atoms with Crippen molar-refractivity contribution in [3.8, 4) is 5.75 Å². The van der Waals surface area contributed by atoms with Gasteiger partial charge in [-0.25, -0.2) is 4.79 Å². The molecule has 3 aromatic carbocycles. The molecule has 0 unspecified atom stereocenters.